The standard InChI is InChI=1S/C26H31N3O3S/c1-17(2)20-14-13-18(3)16-22(20)28-26(30)21-10-4-5-11-23(21)29(33(31)32)24-12-6-8-19-9-7-15-27-25(19)24/h4-12,15,17-18,20,22H,13-14,16H2,1-3H3,(H,28,30)(H,31,32). The fourth-order valence-corrected chi connectivity index (χ4v) is 5.65. The van der Waals surface area contributed by atoms with E-state index in [4.69, 9.17) is 0 Å². The molecule has 0 radical (unpaired) electrons. The van der Waals surface area contributed by atoms with Crippen molar-refractivity contribution in [3.8, 4) is 0 Å². The van der Waals surface area contributed by atoms with Gasteiger partial charge < -0.3 is 5.32 Å². The van der Waals surface area contributed by atoms with Crippen molar-refractivity contribution in [2.24, 2.45) is 17.8 Å². The Balaban J connectivity index is 1.72. The summed E-state index contributed by atoms with van der Waals surface area (Å²) >= 11 is -2.40. The van der Waals surface area contributed by atoms with E-state index in [1.54, 1.807) is 36.5 Å². The number of fused-ring (bicyclic) bond motifs is 1. The van der Waals surface area contributed by atoms with E-state index in [9.17, 15) is 13.6 Å². The lowest BCUT2D eigenvalue weighted by molar-refractivity contribution is 0.0868. The van der Waals surface area contributed by atoms with Crippen LogP contribution in [0.25, 0.3) is 10.9 Å². The fraction of sp³-hybridized carbons (Fsp3) is 0.385. The molecule has 6 nitrogen and oxygen atoms in total. The van der Waals surface area contributed by atoms with Crippen LogP contribution in [-0.2, 0) is 11.3 Å². The number of benzene rings is 2. The first-order chi connectivity index (χ1) is 15.9. The zero-order chi connectivity index (χ0) is 23.5. The van der Waals surface area contributed by atoms with Crippen molar-refractivity contribution in [1.29, 1.82) is 0 Å². The summed E-state index contributed by atoms with van der Waals surface area (Å²) in [4.78, 5) is 17.9. The van der Waals surface area contributed by atoms with Gasteiger partial charge in [-0.25, -0.2) is 8.51 Å². The van der Waals surface area contributed by atoms with Gasteiger partial charge in [-0.15, -0.1) is 0 Å². The lowest BCUT2D eigenvalue weighted by Gasteiger charge is -2.38. The minimum atomic E-state index is -2.40. The second kappa shape index (κ2) is 10.0. The molecule has 4 atom stereocenters. The molecular weight excluding hydrogens is 434 g/mol. The van der Waals surface area contributed by atoms with Gasteiger partial charge in [0.25, 0.3) is 17.2 Å². The Morgan fingerprint density at radius 2 is 1.82 bits per heavy atom. The van der Waals surface area contributed by atoms with Crippen LogP contribution >= 0.6 is 0 Å². The quantitative estimate of drug-likeness (QED) is 0.458. The Bertz CT molecular complexity index is 1160. The first-order valence-electron chi connectivity index (χ1n) is 11.5. The Morgan fingerprint density at radius 1 is 1.09 bits per heavy atom. The highest BCUT2D eigenvalue weighted by molar-refractivity contribution is 7.81. The molecule has 1 aliphatic carbocycles. The maximum absolute atomic E-state index is 13.5. The number of nitrogens with one attached hydrogen (secondary N) is 1. The highest BCUT2D eigenvalue weighted by Gasteiger charge is 2.33. The van der Waals surface area contributed by atoms with E-state index >= 15 is 0 Å². The van der Waals surface area contributed by atoms with Crippen LogP contribution in [0.3, 0.4) is 0 Å². The Hall–Kier alpha value is -2.77. The van der Waals surface area contributed by atoms with E-state index < -0.39 is 11.3 Å². The van der Waals surface area contributed by atoms with Gasteiger partial charge >= 0.3 is 0 Å². The van der Waals surface area contributed by atoms with Crippen molar-refractivity contribution in [1.82, 2.24) is 10.3 Å². The molecule has 1 amide bonds. The third-order valence-corrected chi connectivity index (χ3v) is 7.40. The zero-order valence-corrected chi connectivity index (χ0v) is 20.1. The number of rotatable bonds is 6. The summed E-state index contributed by atoms with van der Waals surface area (Å²) in [5.74, 6) is 1.23. The van der Waals surface area contributed by atoms with Crippen LogP contribution < -0.4 is 9.62 Å². The molecule has 1 aliphatic rings. The second-order valence-electron chi connectivity index (χ2n) is 9.30. The molecule has 3 aromatic rings. The number of para-hydroxylation sites is 2. The number of hydrogen-bond acceptors (Lipinski definition) is 3. The van der Waals surface area contributed by atoms with E-state index in [1.807, 2.05) is 24.3 Å². The molecule has 4 rings (SSSR count). The number of anilines is 2. The molecular formula is C26H31N3O3S. The average molecular weight is 466 g/mol. The highest BCUT2D eigenvalue weighted by atomic mass is 32.2. The monoisotopic (exact) mass is 465 g/mol. The van der Waals surface area contributed by atoms with Crippen molar-refractivity contribution >= 4 is 39.5 Å². The van der Waals surface area contributed by atoms with Crippen molar-refractivity contribution in [2.45, 2.75) is 46.1 Å². The molecule has 4 unspecified atom stereocenters. The van der Waals surface area contributed by atoms with Crippen LogP contribution in [0.1, 0.15) is 50.4 Å². The molecule has 7 heteroatoms. The molecule has 174 valence electrons. The lowest BCUT2D eigenvalue weighted by Crippen LogP contribution is -2.45. The van der Waals surface area contributed by atoms with Gasteiger partial charge in [-0.2, -0.15) is 0 Å². The Kier molecular flexibility index (Phi) is 7.10. The summed E-state index contributed by atoms with van der Waals surface area (Å²) in [6.45, 7) is 6.64. The van der Waals surface area contributed by atoms with Gasteiger partial charge in [0.15, 0.2) is 0 Å². The number of amides is 1. The van der Waals surface area contributed by atoms with E-state index in [1.165, 1.54) is 10.7 Å². The Morgan fingerprint density at radius 3 is 2.58 bits per heavy atom. The van der Waals surface area contributed by atoms with E-state index in [0.717, 1.165) is 18.2 Å². The average Bonchev–Trinajstić information content (AvgIpc) is 2.79. The maximum Gasteiger partial charge on any atom is 0.266 e. The summed E-state index contributed by atoms with van der Waals surface area (Å²) in [7, 11) is 0. The first-order valence-corrected chi connectivity index (χ1v) is 12.6. The van der Waals surface area contributed by atoms with Crippen LogP contribution in [-0.4, -0.2) is 25.7 Å². The molecule has 0 spiro atoms. The van der Waals surface area contributed by atoms with Gasteiger partial charge in [0, 0.05) is 17.6 Å². The van der Waals surface area contributed by atoms with E-state index in [0.29, 0.717) is 40.2 Å². The predicted octanol–water partition coefficient (Wildman–Crippen LogP) is 5.70. The third kappa shape index (κ3) is 4.94. The van der Waals surface area contributed by atoms with Crippen LogP contribution in [0.15, 0.2) is 60.8 Å². The summed E-state index contributed by atoms with van der Waals surface area (Å²) in [6, 6.07) is 16.2. The maximum atomic E-state index is 13.5. The van der Waals surface area contributed by atoms with Gasteiger partial charge in [-0.1, -0.05) is 57.5 Å². The van der Waals surface area contributed by atoms with E-state index in [-0.39, 0.29) is 11.9 Å². The largest absolute Gasteiger partial charge is 0.349 e. The van der Waals surface area contributed by atoms with Gasteiger partial charge in [0.1, 0.15) is 0 Å². The minimum absolute atomic E-state index is 0.0848. The fourth-order valence-electron chi connectivity index (χ4n) is 5.01. The van der Waals surface area contributed by atoms with Gasteiger partial charge in [0.05, 0.1) is 22.5 Å². The first kappa shape index (κ1) is 23.4. The highest BCUT2D eigenvalue weighted by Crippen LogP contribution is 2.36. The zero-order valence-electron chi connectivity index (χ0n) is 19.3. The van der Waals surface area contributed by atoms with Crippen molar-refractivity contribution in [3.63, 3.8) is 0 Å². The molecule has 1 heterocycles. The van der Waals surface area contributed by atoms with Crippen LogP contribution in [0.5, 0.6) is 0 Å². The number of carbonyl (C=O) groups is 1. The van der Waals surface area contributed by atoms with Gasteiger partial charge in [-0.3, -0.25) is 14.3 Å². The van der Waals surface area contributed by atoms with Gasteiger partial charge in [-0.05, 0) is 54.9 Å². The van der Waals surface area contributed by atoms with Crippen molar-refractivity contribution in [2.75, 3.05) is 4.31 Å². The van der Waals surface area contributed by atoms with Crippen LogP contribution in [0.4, 0.5) is 11.4 Å². The number of nitrogens with zero attached hydrogens (tertiary/aromatic N) is 2. The molecule has 0 bridgehead atoms. The lowest BCUT2D eigenvalue weighted by atomic mass is 9.74. The summed E-state index contributed by atoms with van der Waals surface area (Å²) in [5, 5.41) is 4.11. The molecule has 0 aliphatic heterocycles. The summed E-state index contributed by atoms with van der Waals surface area (Å²) in [6.07, 6.45) is 4.87. The molecule has 0 saturated heterocycles. The molecule has 1 aromatic heterocycles. The molecule has 2 aromatic carbocycles. The number of hydrogen-bond donors (Lipinski definition) is 2. The Labute approximate surface area is 197 Å². The smallest absolute Gasteiger partial charge is 0.266 e. The summed E-state index contributed by atoms with van der Waals surface area (Å²) < 4.78 is 24.1. The molecule has 1 saturated carbocycles. The normalized spacial score (nSPS) is 21.7. The van der Waals surface area contributed by atoms with Gasteiger partial charge in [0.2, 0.25) is 0 Å². The van der Waals surface area contributed by atoms with Crippen LogP contribution in [0, 0.1) is 17.8 Å². The topological polar surface area (TPSA) is 82.5 Å². The van der Waals surface area contributed by atoms with Crippen molar-refractivity contribution in [3.05, 3.63) is 66.4 Å². The second-order valence-corrected chi connectivity index (χ2v) is 10.1. The SMILES string of the molecule is CC1CCC(C(C)C)C(NC(=O)c2ccccc2N(c2cccc3cccnc23)S(=O)O)C1. The number of carbonyl (C=O) groups excluding carboxylic acids is 1. The van der Waals surface area contributed by atoms with Crippen molar-refractivity contribution < 1.29 is 13.6 Å². The van der Waals surface area contributed by atoms with E-state index in [2.05, 4.69) is 31.1 Å². The third-order valence-electron chi connectivity index (χ3n) is 6.69. The minimum Gasteiger partial charge on any atom is -0.349 e. The summed E-state index contributed by atoms with van der Waals surface area (Å²) in [5.41, 5.74) is 1.81. The molecule has 2 N–H and O–H groups in total. The number of pyridine rings is 1. The van der Waals surface area contributed by atoms with Crippen LogP contribution in [0.2, 0.25) is 0 Å². The molecule has 1 fully saturated rings. The molecule has 33 heavy (non-hydrogen) atoms. The number of aromatic nitrogens is 1. The predicted molar refractivity (Wildman–Crippen MR) is 134 cm³/mol.